The summed E-state index contributed by atoms with van der Waals surface area (Å²) in [6.45, 7) is 2.18. The van der Waals surface area contributed by atoms with Gasteiger partial charge in [0.2, 0.25) is 6.41 Å². The van der Waals surface area contributed by atoms with Gasteiger partial charge in [0.05, 0.1) is 0 Å². The van der Waals surface area contributed by atoms with Crippen LogP contribution in [0.5, 0.6) is 0 Å². The molecule has 0 radical (unpaired) electrons. The van der Waals surface area contributed by atoms with Crippen molar-refractivity contribution in [3.8, 4) is 0 Å². The first-order valence-corrected chi connectivity index (χ1v) is 4.00. The van der Waals surface area contributed by atoms with Crippen molar-refractivity contribution >= 4 is 6.41 Å². The number of rotatable bonds is 3. The standard InChI is InChI=1S/C8H13NO/c1-8(4-5-8)9(6-10)7-2-3-7/h6-7H,2-5H2,1H3. The number of hydrogen-bond acceptors (Lipinski definition) is 1. The van der Waals surface area contributed by atoms with Crippen LogP contribution in [0, 0.1) is 0 Å². The van der Waals surface area contributed by atoms with Gasteiger partial charge >= 0.3 is 0 Å². The number of amides is 1. The Labute approximate surface area is 61.2 Å². The molecule has 2 fully saturated rings. The largest absolute Gasteiger partial charge is 0.337 e. The highest BCUT2D eigenvalue weighted by molar-refractivity contribution is 5.51. The van der Waals surface area contributed by atoms with E-state index in [-0.39, 0.29) is 5.54 Å². The van der Waals surface area contributed by atoms with E-state index < -0.39 is 0 Å². The molecule has 1 amide bonds. The monoisotopic (exact) mass is 139 g/mol. The van der Waals surface area contributed by atoms with Gasteiger partial charge < -0.3 is 4.90 Å². The number of carbonyl (C=O) groups excluding carboxylic acids is 1. The first kappa shape index (κ1) is 6.20. The van der Waals surface area contributed by atoms with E-state index in [0.717, 1.165) is 6.41 Å². The molecule has 56 valence electrons. The van der Waals surface area contributed by atoms with Gasteiger partial charge in [-0.3, -0.25) is 4.79 Å². The predicted molar refractivity (Wildman–Crippen MR) is 38.6 cm³/mol. The molecule has 0 heterocycles. The van der Waals surface area contributed by atoms with E-state index in [9.17, 15) is 4.79 Å². The molecule has 0 aromatic carbocycles. The molecule has 0 saturated heterocycles. The summed E-state index contributed by atoms with van der Waals surface area (Å²) >= 11 is 0. The average molecular weight is 139 g/mol. The van der Waals surface area contributed by atoms with E-state index in [1.807, 2.05) is 4.90 Å². The molecule has 0 aliphatic heterocycles. The van der Waals surface area contributed by atoms with Crippen LogP contribution in [-0.2, 0) is 4.79 Å². The quantitative estimate of drug-likeness (QED) is 0.537. The summed E-state index contributed by atoms with van der Waals surface area (Å²) in [6, 6.07) is 0.602. The fourth-order valence-electron chi connectivity index (χ4n) is 1.45. The molecule has 0 atom stereocenters. The van der Waals surface area contributed by atoms with Crippen molar-refractivity contribution < 1.29 is 4.79 Å². The topological polar surface area (TPSA) is 20.3 Å². The van der Waals surface area contributed by atoms with Crippen molar-refractivity contribution in [3.63, 3.8) is 0 Å². The van der Waals surface area contributed by atoms with Gasteiger partial charge in [-0.1, -0.05) is 0 Å². The Bertz CT molecular complexity index is 159. The Kier molecular flexibility index (Phi) is 1.08. The van der Waals surface area contributed by atoms with Crippen molar-refractivity contribution in [2.45, 2.75) is 44.2 Å². The van der Waals surface area contributed by atoms with E-state index in [1.54, 1.807) is 0 Å². The van der Waals surface area contributed by atoms with Crippen LogP contribution in [0.3, 0.4) is 0 Å². The summed E-state index contributed by atoms with van der Waals surface area (Å²) < 4.78 is 0. The lowest BCUT2D eigenvalue weighted by Crippen LogP contribution is -2.35. The molecule has 2 nitrogen and oxygen atoms in total. The Morgan fingerprint density at radius 1 is 1.50 bits per heavy atom. The van der Waals surface area contributed by atoms with E-state index >= 15 is 0 Å². The molecular formula is C8H13NO. The van der Waals surface area contributed by atoms with E-state index in [2.05, 4.69) is 6.92 Å². The molecule has 2 saturated carbocycles. The van der Waals surface area contributed by atoms with Gasteiger partial charge in [0.1, 0.15) is 0 Å². The minimum atomic E-state index is 0.267. The molecule has 2 rings (SSSR count). The Hall–Kier alpha value is -0.530. The minimum Gasteiger partial charge on any atom is -0.337 e. The fraction of sp³-hybridized carbons (Fsp3) is 0.875. The lowest BCUT2D eigenvalue weighted by molar-refractivity contribution is -0.121. The molecule has 2 aliphatic carbocycles. The first-order valence-electron chi connectivity index (χ1n) is 4.00. The Morgan fingerprint density at radius 3 is 2.40 bits per heavy atom. The molecule has 0 N–H and O–H groups in total. The van der Waals surface area contributed by atoms with Gasteiger partial charge in [-0.05, 0) is 32.6 Å². The highest BCUT2D eigenvalue weighted by Crippen LogP contribution is 2.45. The van der Waals surface area contributed by atoms with Crippen molar-refractivity contribution in [2.24, 2.45) is 0 Å². The molecule has 10 heavy (non-hydrogen) atoms. The second kappa shape index (κ2) is 1.74. The third-order valence-electron chi connectivity index (χ3n) is 2.65. The van der Waals surface area contributed by atoms with E-state index in [1.165, 1.54) is 25.7 Å². The Balaban J connectivity index is 2.03. The molecule has 0 bridgehead atoms. The maximum Gasteiger partial charge on any atom is 0.210 e. The summed E-state index contributed by atoms with van der Waals surface area (Å²) in [4.78, 5) is 12.6. The van der Waals surface area contributed by atoms with Gasteiger partial charge in [-0.25, -0.2) is 0 Å². The molecule has 0 aromatic rings. The molecule has 0 aromatic heterocycles. The maximum absolute atomic E-state index is 10.6. The summed E-state index contributed by atoms with van der Waals surface area (Å²) in [6.07, 6.45) is 5.91. The van der Waals surface area contributed by atoms with Crippen molar-refractivity contribution in [2.75, 3.05) is 0 Å². The highest BCUT2D eigenvalue weighted by Gasteiger charge is 2.48. The molecular weight excluding hydrogens is 126 g/mol. The zero-order chi connectivity index (χ0) is 7.19. The van der Waals surface area contributed by atoms with Crippen LogP contribution >= 0.6 is 0 Å². The third kappa shape index (κ3) is 0.825. The second-order valence-electron chi connectivity index (χ2n) is 3.74. The van der Waals surface area contributed by atoms with E-state index in [0.29, 0.717) is 6.04 Å². The maximum atomic E-state index is 10.6. The van der Waals surface area contributed by atoms with Crippen molar-refractivity contribution in [1.82, 2.24) is 4.90 Å². The summed E-state index contributed by atoms with van der Waals surface area (Å²) in [5, 5.41) is 0. The van der Waals surface area contributed by atoms with Gasteiger partial charge in [-0.2, -0.15) is 0 Å². The predicted octanol–water partition coefficient (Wildman–Crippen LogP) is 1.16. The number of nitrogens with zero attached hydrogens (tertiary/aromatic N) is 1. The van der Waals surface area contributed by atoms with Crippen LogP contribution in [0.2, 0.25) is 0 Å². The SMILES string of the molecule is CC1(N(C=O)C2CC2)CC1. The average Bonchev–Trinajstić information content (AvgIpc) is 2.70. The van der Waals surface area contributed by atoms with Gasteiger partial charge in [0.25, 0.3) is 0 Å². The van der Waals surface area contributed by atoms with E-state index in [4.69, 9.17) is 0 Å². The van der Waals surface area contributed by atoms with Crippen LogP contribution in [0.25, 0.3) is 0 Å². The summed E-state index contributed by atoms with van der Waals surface area (Å²) in [5.74, 6) is 0. The molecule has 2 heteroatoms. The summed E-state index contributed by atoms with van der Waals surface area (Å²) in [5.41, 5.74) is 0.267. The molecule has 0 unspecified atom stereocenters. The summed E-state index contributed by atoms with van der Waals surface area (Å²) in [7, 11) is 0. The molecule has 0 spiro atoms. The van der Waals surface area contributed by atoms with Crippen LogP contribution in [-0.4, -0.2) is 22.9 Å². The third-order valence-corrected chi connectivity index (χ3v) is 2.65. The van der Waals surface area contributed by atoms with Crippen LogP contribution in [0.15, 0.2) is 0 Å². The lowest BCUT2D eigenvalue weighted by atomic mass is 10.3. The zero-order valence-electron chi connectivity index (χ0n) is 6.34. The second-order valence-corrected chi connectivity index (χ2v) is 3.74. The van der Waals surface area contributed by atoms with Gasteiger partial charge in [0.15, 0.2) is 0 Å². The Morgan fingerprint density at radius 2 is 2.10 bits per heavy atom. The smallest absolute Gasteiger partial charge is 0.210 e. The van der Waals surface area contributed by atoms with Crippen LogP contribution in [0.4, 0.5) is 0 Å². The van der Waals surface area contributed by atoms with Crippen LogP contribution in [0.1, 0.15) is 32.6 Å². The van der Waals surface area contributed by atoms with Gasteiger partial charge in [-0.15, -0.1) is 0 Å². The van der Waals surface area contributed by atoms with Crippen LogP contribution < -0.4 is 0 Å². The van der Waals surface area contributed by atoms with Crippen molar-refractivity contribution in [3.05, 3.63) is 0 Å². The lowest BCUT2D eigenvalue weighted by Gasteiger charge is -2.24. The zero-order valence-corrected chi connectivity index (χ0v) is 6.34. The van der Waals surface area contributed by atoms with Gasteiger partial charge in [0, 0.05) is 11.6 Å². The van der Waals surface area contributed by atoms with Crippen molar-refractivity contribution in [1.29, 1.82) is 0 Å². The minimum absolute atomic E-state index is 0.267. The first-order chi connectivity index (χ1) is 4.76. The normalized spacial score (nSPS) is 27.7. The molecule has 2 aliphatic rings. The number of hydrogen-bond donors (Lipinski definition) is 0. The highest BCUT2D eigenvalue weighted by atomic mass is 16.1. The number of carbonyl (C=O) groups is 1. The fourth-order valence-corrected chi connectivity index (χ4v) is 1.45.